The van der Waals surface area contributed by atoms with E-state index in [2.05, 4.69) is 17.2 Å². The van der Waals surface area contributed by atoms with Crippen molar-refractivity contribution in [1.29, 1.82) is 0 Å². The molecule has 1 unspecified atom stereocenters. The average molecular weight is 276 g/mol. The van der Waals surface area contributed by atoms with E-state index < -0.39 is 0 Å². The lowest BCUT2D eigenvalue weighted by atomic mass is 9.99. The van der Waals surface area contributed by atoms with Crippen molar-refractivity contribution in [1.82, 2.24) is 10.3 Å². The highest BCUT2D eigenvalue weighted by Gasteiger charge is 2.12. The molecule has 0 bridgehead atoms. The number of halogens is 1. The van der Waals surface area contributed by atoms with Crippen molar-refractivity contribution < 1.29 is 0 Å². The maximum atomic E-state index is 5.93. The highest BCUT2D eigenvalue weighted by Crippen LogP contribution is 2.22. The van der Waals surface area contributed by atoms with Crippen molar-refractivity contribution in [2.45, 2.75) is 19.4 Å². The summed E-state index contributed by atoms with van der Waals surface area (Å²) >= 11 is 5.93. The van der Waals surface area contributed by atoms with Gasteiger partial charge in [-0.25, -0.2) is 4.98 Å². The summed E-state index contributed by atoms with van der Waals surface area (Å²) in [6.07, 6.45) is 2.53. The van der Waals surface area contributed by atoms with Crippen molar-refractivity contribution >= 4 is 17.4 Å². The highest BCUT2D eigenvalue weighted by atomic mass is 35.5. The summed E-state index contributed by atoms with van der Waals surface area (Å²) in [6.45, 7) is 2.99. The Balaban J connectivity index is 2.21. The number of nitrogens with two attached hydrogens (primary N) is 1. The second kappa shape index (κ2) is 6.55. The first kappa shape index (κ1) is 13.8. The molecule has 0 radical (unpaired) electrons. The molecule has 3 nitrogen and oxygen atoms in total. The highest BCUT2D eigenvalue weighted by molar-refractivity contribution is 6.30. The van der Waals surface area contributed by atoms with E-state index in [9.17, 15) is 0 Å². The normalized spacial score (nSPS) is 12.3. The Bertz CT molecular complexity index is 525. The van der Waals surface area contributed by atoms with Crippen LogP contribution in [-0.2, 0) is 6.42 Å². The monoisotopic (exact) mass is 275 g/mol. The van der Waals surface area contributed by atoms with Crippen LogP contribution in [0, 0.1) is 0 Å². The number of nitrogen functional groups attached to an aromatic ring is 1. The summed E-state index contributed by atoms with van der Waals surface area (Å²) in [5, 5.41) is 4.22. The first-order valence-electron chi connectivity index (χ1n) is 6.39. The third-order valence-electron chi connectivity index (χ3n) is 3.07. The van der Waals surface area contributed by atoms with Crippen molar-refractivity contribution in [3.63, 3.8) is 0 Å². The second-order valence-corrected chi connectivity index (χ2v) is 4.85. The number of nitrogens with zero attached hydrogens (tertiary/aromatic N) is 1. The Morgan fingerprint density at radius 1 is 1.26 bits per heavy atom. The van der Waals surface area contributed by atoms with Crippen molar-refractivity contribution in [3.8, 4) is 0 Å². The molecule has 1 heterocycles. The lowest BCUT2D eigenvalue weighted by molar-refractivity contribution is 0.550. The number of nitrogens with one attached hydrogen (secondary N) is 1. The summed E-state index contributed by atoms with van der Waals surface area (Å²) in [6, 6.07) is 12.1. The van der Waals surface area contributed by atoms with Gasteiger partial charge in [-0.2, -0.15) is 0 Å². The molecule has 0 saturated heterocycles. The zero-order valence-corrected chi connectivity index (χ0v) is 11.7. The quantitative estimate of drug-likeness (QED) is 0.881. The first-order valence-corrected chi connectivity index (χ1v) is 6.76. The summed E-state index contributed by atoms with van der Waals surface area (Å²) < 4.78 is 0. The molecule has 2 rings (SSSR count). The van der Waals surface area contributed by atoms with Gasteiger partial charge in [0, 0.05) is 17.3 Å². The van der Waals surface area contributed by atoms with Crippen LogP contribution < -0.4 is 11.1 Å². The molecule has 0 spiro atoms. The number of benzene rings is 1. The fourth-order valence-electron chi connectivity index (χ4n) is 2.09. The van der Waals surface area contributed by atoms with Crippen LogP contribution in [0.5, 0.6) is 0 Å². The van der Waals surface area contributed by atoms with Crippen LogP contribution in [0.25, 0.3) is 0 Å². The molecule has 3 N–H and O–H groups in total. The van der Waals surface area contributed by atoms with Gasteiger partial charge in [0.1, 0.15) is 5.82 Å². The lowest BCUT2D eigenvalue weighted by Crippen LogP contribution is -2.23. The Hall–Kier alpha value is -1.58. The molecular formula is C15H18ClN3. The number of aromatic nitrogens is 1. The third kappa shape index (κ3) is 3.69. The summed E-state index contributed by atoms with van der Waals surface area (Å²) in [5.74, 6) is 0.597. The van der Waals surface area contributed by atoms with E-state index in [1.807, 2.05) is 36.4 Å². The van der Waals surface area contributed by atoms with Gasteiger partial charge in [-0.3, -0.25) is 0 Å². The molecule has 100 valence electrons. The average Bonchev–Trinajstić information content (AvgIpc) is 2.42. The molecule has 1 atom stereocenters. The van der Waals surface area contributed by atoms with Gasteiger partial charge in [0.2, 0.25) is 0 Å². The zero-order chi connectivity index (χ0) is 13.7. The van der Waals surface area contributed by atoms with Crippen LogP contribution in [0.1, 0.15) is 24.1 Å². The van der Waals surface area contributed by atoms with E-state index >= 15 is 0 Å². The van der Waals surface area contributed by atoms with Crippen LogP contribution in [-0.4, -0.2) is 11.5 Å². The maximum absolute atomic E-state index is 5.93. The van der Waals surface area contributed by atoms with Gasteiger partial charge in [0.15, 0.2) is 0 Å². The molecule has 0 aliphatic carbocycles. The number of likely N-dealkylation sites (N-methyl/N-ethyl adjacent to an activating group) is 1. The van der Waals surface area contributed by atoms with Crippen LogP contribution in [0.4, 0.5) is 5.82 Å². The van der Waals surface area contributed by atoms with E-state index in [0.717, 1.165) is 23.6 Å². The molecule has 0 aliphatic rings. The molecule has 1 aromatic carbocycles. The molecule has 19 heavy (non-hydrogen) atoms. The SMILES string of the molecule is CCNC(Cc1cccnc1N)c1ccc(Cl)cc1. The van der Waals surface area contributed by atoms with Crippen LogP contribution in [0.3, 0.4) is 0 Å². The Labute approximate surface area is 118 Å². The van der Waals surface area contributed by atoms with Crippen LogP contribution in [0.2, 0.25) is 5.02 Å². The van der Waals surface area contributed by atoms with Gasteiger partial charge in [-0.15, -0.1) is 0 Å². The Morgan fingerprint density at radius 3 is 2.63 bits per heavy atom. The first-order chi connectivity index (χ1) is 9.20. The molecule has 2 aromatic rings. The lowest BCUT2D eigenvalue weighted by Gasteiger charge is -2.19. The van der Waals surface area contributed by atoms with Crippen molar-refractivity contribution in [3.05, 3.63) is 58.7 Å². The van der Waals surface area contributed by atoms with E-state index in [1.165, 1.54) is 5.56 Å². The molecule has 0 aliphatic heterocycles. The zero-order valence-electron chi connectivity index (χ0n) is 10.9. The molecule has 1 aromatic heterocycles. The Kier molecular flexibility index (Phi) is 4.77. The van der Waals surface area contributed by atoms with Gasteiger partial charge in [-0.1, -0.05) is 36.7 Å². The predicted octanol–water partition coefficient (Wildman–Crippen LogP) is 3.21. The van der Waals surface area contributed by atoms with Gasteiger partial charge in [0.05, 0.1) is 0 Å². The molecule has 4 heteroatoms. The van der Waals surface area contributed by atoms with Gasteiger partial charge >= 0.3 is 0 Å². The van der Waals surface area contributed by atoms with E-state index in [1.54, 1.807) is 6.20 Å². The summed E-state index contributed by atoms with van der Waals surface area (Å²) in [7, 11) is 0. The minimum atomic E-state index is 0.216. The summed E-state index contributed by atoms with van der Waals surface area (Å²) in [5.41, 5.74) is 8.17. The van der Waals surface area contributed by atoms with Crippen molar-refractivity contribution in [2.24, 2.45) is 0 Å². The van der Waals surface area contributed by atoms with Gasteiger partial charge < -0.3 is 11.1 Å². The topological polar surface area (TPSA) is 50.9 Å². The van der Waals surface area contributed by atoms with Crippen LogP contribution >= 0.6 is 11.6 Å². The number of hydrogen-bond acceptors (Lipinski definition) is 3. The minimum absolute atomic E-state index is 0.216. The number of anilines is 1. The van der Waals surface area contributed by atoms with Gasteiger partial charge in [0.25, 0.3) is 0 Å². The van der Waals surface area contributed by atoms with Gasteiger partial charge in [-0.05, 0) is 42.3 Å². The number of pyridine rings is 1. The minimum Gasteiger partial charge on any atom is -0.383 e. The van der Waals surface area contributed by atoms with Crippen LogP contribution in [0.15, 0.2) is 42.6 Å². The second-order valence-electron chi connectivity index (χ2n) is 4.41. The van der Waals surface area contributed by atoms with E-state index in [4.69, 9.17) is 17.3 Å². The molecular weight excluding hydrogens is 258 g/mol. The molecule has 0 saturated carbocycles. The van der Waals surface area contributed by atoms with Crippen molar-refractivity contribution in [2.75, 3.05) is 12.3 Å². The van der Waals surface area contributed by atoms with E-state index in [-0.39, 0.29) is 6.04 Å². The maximum Gasteiger partial charge on any atom is 0.126 e. The Morgan fingerprint density at radius 2 is 2.00 bits per heavy atom. The molecule has 0 amide bonds. The standard InChI is InChI=1S/C15H18ClN3/c1-2-18-14(11-5-7-13(16)8-6-11)10-12-4-3-9-19-15(12)17/h3-9,14,18H,2,10H2,1H3,(H2,17,19). The number of hydrogen-bond donors (Lipinski definition) is 2. The summed E-state index contributed by atoms with van der Waals surface area (Å²) in [4.78, 5) is 4.13. The fourth-order valence-corrected chi connectivity index (χ4v) is 2.22. The molecule has 0 fully saturated rings. The smallest absolute Gasteiger partial charge is 0.126 e. The largest absolute Gasteiger partial charge is 0.383 e. The number of rotatable bonds is 5. The predicted molar refractivity (Wildman–Crippen MR) is 80.2 cm³/mol. The van der Waals surface area contributed by atoms with E-state index in [0.29, 0.717) is 5.82 Å². The fraction of sp³-hybridized carbons (Fsp3) is 0.267. The third-order valence-corrected chi connectivity index (χ3v) is 3.33.